The van der Waals surface area contributed by atoms with Crippen LogP contribution in [0.1, 0.15) is 56.1 Å². The molecule has 1 heterocycles. The van der Waals surface area contributed by atoms with Crippen LogP contribution in [0, 0.1) is 17.3 Å². The minimum Gasteiger partial charge on any atom is -0.390 e. The van der Waals surface area contributed by atoms with Crippen molar-refractivity contribution in [2.75, 3.05) is 0 Å². The predicted molar refractivity (Wildman–Crippen MR) is 77.6 cm³/mol. The Bertz CT molecular complexity index is 540. The molecule has 0 spiro atoms. The van der Waals surface area contributed by atoms with Gasteiger partial charge in [-0.3, -0.25) is 4.79 Å². The lowest BCUT2D eigenvalue weighted by Crippen LogP contribution is -2.61. The molecular weight excluding hydrogens is 266 g/mol. The van der Waals surface area contributed by atoms with Crippen LogP contribution >= 0.6 is 0 Å². The highest BCUT2D eigenvalue weighted by Crippen LogP contribution is 2.62. The van der Waals surface area contributed by atoms with Crippen LogP contribution in [0.15, 0.2) is 12.4 Å². The molecule has 0 radical (unpaired) electrons. The molecule has 4 saturated carbocycles. The van der Waals surface area contributed by atoms with Crippen LogP contribution in [0.5, 0.6) is 0 Å². The maximum Gasteiger partial charge on any atom is 0.287 e. The molecule has 4 aliphatic carbocycles. The summed E-state index contributed by atoms with van der Waals surface area (Å²) < 4.78 is 0. The Hall–Kier alpha value is -1.36. The highest BCUT2D eigenvalue weighted by molar-refractivity contribution is 5.90. The first-order valence-electron chi connectivity index (χ1n) is 8.01. The second-order valence-corrected chi connectivity index (χ2v) is 7.68. The van der Waals surface area contributed by atoms with Crippen LogP contribution in [0.25, 0.3) is 0 Å². The smallest absolute Gasteiger partial charge is 0.287 e. The first-order chi connectivity index (χ1) is 9.98. The lowest BCUT2D eigenvalue weighted by molar-refractivity contribution is -0.171. The molecule has 5 heteroatoms. The van der Waals surface area contributed by atoms with E-state index in [4.69, 9.17) is 0 Å². The summed E-state index contributed by atoms with van der Waals surface area (Å²) in [5.74, 6) is 1.50. The minimum absolute atomic E-state index is 0.0705. The zero-order valence-corrected chi connectivity index (χ0v) is 12.4. The largest absolute Gasteiger partial charge is 0.390 e. The third-order valence-corrected chi connectivity index (χ3v) is 6.05. The van der Waals surface area contributed by atoms with Crippen molar-refractivity contribution >= 4 is 5.91 Å². The van der Waals surface area contributed by atoms with E-state index >= 15 is 0 Å². The molecule has 4 aliphatic rings. The summed E-state index contributed by atoms with van der Waals surface area (Å²) in [6, 6.07) is 0.0764. The molecule has 0 aliphatic heterocycles. The third kappa shape index (κ3) is 2.09. The second kappa shape index (κ2) is 4.32. The van der Waals surface area contributed by atoms with Gasteiger partial charge in [-0.15, -0.1) is 0 Å². The first kappa shape index (κ1) is 13.3. The number of nitrogens with one attached hydrogen (secondary N) is 2. The Kier molecular flexibility index (Phi) is 2.74. The number of amides is 1. The van der Waals surface area contributed by atoms with Gasteiger partial charge in [0.1, 0.15) is 0 Å². The second-order valence-electron chi connectivity index (χ2n) is 7.68. The number of H-pyrrole nitrogens is 1. The molecular formula is C16H23N3O2. The van der Waals surface area contributed by atoms with Crippen LogP contribution < -0.4 is 5.32 Å². The van der Waals surface area contributed by atoms with E-state index in [1.54, 1.807) is 12.4 Å². The molecule has 0 unspecified atom stereocenters. The van der Waals surface area contributed by atoms with Gasteiger partial charge in [-0.2, -0.15) is 0 Å². The van der Waals surface area contributed by atoms with Crippen LogP contribution in [-0.2, 0) is 0 Å². The summed E-state index contributed by atoms with van der Waals surface area (Å²) in [6.07, 6.45) is 9.57. The fourth-order valence-corrected chi connectivity index (χ4v) is 5.60. The summed E-state index contributed by atoms with van der Waals surface area (Å²) in [7, 11) is 0. The summed E-state index contributed by atoms with van der Waals surface area (Å²) >= 11 is 0. The summed E-state index contributed by atoms with van der Waals surface area (Å²) in [5, 5.41) is 13.9. The highest BCUT2D eigenvalue weighted by atomic mass is 16.3. The van der Waals surface area contributed by atoms with Crippen molar-refractivity contribution < 1.29 is 9.90 Å². The standard InChI is InChI=1S/C16H23N3O2/c1-10(19-14(20)13-17-2-3-18-13)15-5-11-4-12(6-15)8-16(21,7-11)9-15/h2-3,10-12,21H,4-9H2,1H3,(H,17,18)(H,19,20)/t10-,11-,12-,15?,16?/m0/s1. The van der Waals surface area contributed by atoms with Gasteiger partial charge >= 0.3 is 0 Å². The van der Waals surface area contributed by atoms with Gasteiger partial charge in [0.15, 0.2) is 5.82 Å². The van der Waals surface area contributed by atoms with E-state index in [2.05, 4.69) is 22.2 Å². The lowest BCUT2D eigenvalue weighted by atomic mass is 9.46. The maximum absolute atomic E-state index is 12.2. The monoisotopic (exact) mass is 289 g/mol. The predicted octanol–water partition coefficient (Wildman–Crippen LogP) is 1.86. The van der Waals surface area contributed by atoms with Crippen LogP contribution in [-0.4, -0.2) is 32.6 Å². The highest BCUT2D eigenvalue weighted by Gasteiger charge is 2.59. The van der Waals surface area contributed by atoms with Crippen molar-refractivity contribution in [2.45, 2.75) is 57.1 Å². The number of nitrogens with zero attached hydrogens (tertiary/aromatic N) is 1. The fraction of sp³-hybridized carbons (Fsp3) is 0.750. The molecule has 1 aromatic rings. The van der Waals surface area contributed by atoms with Gasteiger partial charge in [-0.1, -0.05) is 0 Å². The summed E-state index contributed by atoms with van der Waals surface area (Å²) in [4.78, 5) is 19.1. The van der Waals surface area contributed by atoms with Crippen molar-refractivity contribution in [2.24, 2.45) is 17.3 Å². The molecule has 5 rings (SSSR count). The average Bonchev–Trinajstić information content (AvgIpc) is 2.89. The van der Waals surface area contributed by atoms with Crippen molar-refractivity contribution in [3.05, 3.63) is 18.2 Å². The van der Waals surface area contributed by atoms with Gasteiger partial charge < -0.3 is 15.4 Å². The van der Waals surface area contributed by atoms with Crippen LogP contribution in [0.4, 0.5) is 0 Å². The van der Waals surface area contributed by atoms with Gasteiger partial charge in [-0.25, -0.2) is 4.98 Å². The van der Waals surface area contributed by atoms with E-state index in [1.165, 1.54) is 6.42 Å². The molecule has 114 valence electrons. The van der Waals surface area contributed by atoms with Crippen molar-refractivity contribution in [1.29, 1.82) is 0 Å². The molecule has 3 atom stereocenters. The Morgan fingerprint density at radius 3 is 2.71 bits per heavy atom. The summed E-state index contributed by atoms with van der Waals surface area (Å²) in [5.41, 5.74) is -0.408. The van der Waals surface area contributed by atoms with Gasteiger partial charge in [0.25, 0.3) is 5.91 Å². The van der Waals surface area contributed by atoms with E-state index in [9.17, 15) is 9.90 Å². The van der Waals surface area contributed by atoms with E-state index < -0.39 is 5.60 Å². The first-order valence-corrected chi connectivity index (χ1v) is 8.01. The summed E-state index contributed by atoms with van der Waals surface area (Å²) in [6.45, 7) is 2.09. The zero-order valence-electron chi connectivity index (χ0n) is 12.4. The van der Waals surface area contributed by atoms with Gasteiger partial charge in [0.05, 0.1) is 5.60 Å². The van der Waals surface area contributed by atoms with Gasteiger partial charge in [0, 0.05) is 18.4 Å². The number of aromatic nitrogens is 2. The number of aliphatic hydroxyl groups is 1. The number of aromatic amines is 1. The quantitative estimate of drug-likeness (QED) is 0.794. The number of rotatable bonds is 3. The van der Waals surface area contributed by atoms with E-state index in [0.717, 1.165) is 32.1 Å². The minimum atomic E-state index is -0.478. The Morgan fingerprint density at radius 2 is 2.14 bits per heavy atom. The van der Waals surface area contributed by atoms with Crippen LogP contribution in [0.3, 0.4) is 0 Å². The molecule has 5 nitrogen and oxygen atoms in total. The number of hydrogen-bond acceptors (Lipinski definition) is 3. The molecule has 3 N–H and O–H groups in total. The molecule has 4 bridgehead atoms. The van der Waals surface area contributed by atoms with Crippen molar-refractivity contribution in [3.63, 3.8) is 0 Å². The van der Waals surface area contributed by atoms with Crippen molar-refractivity contribution in [1.82, 2.24) is 15.3 Å². The van der Waals surface area contributed by atoms with Gasteiger partial charge in [-0.05, 0) is 62.7 Å². The number of carbonyl (C=O) groups excluding carboxylic acids is 1. The Morgan fingerprint density at radius 1 is 1.43 bits per heavy atom. The van der Waals surface area contributed by atoms with Crippen molar-refractivity contribution in [3.8, 4) is 0 Å². The number of imidazole rings is 1. The molecule has 4 fully saturated rings. The molecule has 0 aromatic carbocycles. The Labute approximate surface area is 124 Å². The van der Waals surface area contributed by atoms with Gasteiger partial charge in [0.2, 0.25) is 0 Å². The average molecular weight is 289 g/mol. The van der Waals surface area contributed by atoms with E-state index in [0.29, 0.717) is 17.7 Å². The van der Waals surface area contributed by atoms with Crippen LogP contribution in [0.2, 0.25) is 0 Å². The number of hydrogen-bond donors (Lipinski definition) is 3. The topological polar surface area (TPSA) is 78.0 Å². The number of carbonyl (C=O) groups is 1. The lowest BCUT2D eigenvalue weighted by Gasteiger charge is -2.62. The SMILES string of the molecule is C[C@H](NC(=O)c1ncc[nH]1)C12C[C@@H]3C[C@H](CC(O)(C3)C1)C2. The maximum atomic E-state index is 12.2. The normalized spacial score (nSPS) is 42.0. The Balaban J connectivity index is 1.54. The zero-order chi connectivity index (χ0) is 14.7. The molecule has 0 saturated heterocycles. The molecule has 1 aromatic heterocycles. The third-order valence-electron chi connectivity index (χ3n) is 6.05. The fourth-order valence-electron chi connectivity index (χ4n) is 5.60. The van der Waals surface area contributed by atoms with E-state index in [1.807, 2.05) is 0 Å². The molecule has 1 amide bonds. The molecule has 21 heavy (non-hydrogen) atoms. The van der Waals surface area contributed by atoms with E-state index in [-0.39, 0.29) is 17.4 Å².